The molecule has 2 atom stereocenters. The van der Waals surface area contributed by atoms with Crippen molar-refractivity contribution >= 4 is 5.69 Å². The van der Waals surface area contributed by atoms with Crippen LogP contribution in [0.15, 0.2) is 18.3 Å². The molecule has 0 radical (unpaired) electrons. The van der Waals surface area contributed by atoms with Crippen LogP contribution < -0.4 is 10.6 Å². The fourth-order valence-electron chi connectivity index (χ4n) is 2.44. The summed E-state index contributed by atoms with van der Waals surface area (Å²) in [5.41, 5.74) is 8.01. The summed E-state index contributed by atoms with van der Waals surface area (Å²) in [5.74, 6) is 0. The molecule has 1 fully saturated rings. The highest BCUT2D eigenvalue weighted by Gasteiger charge is 2.23. The van der Waals surface area contributed by atoms with Gasteiger partial charge in [0.1, 0.15) is 0 Å². The summed E-state index contributed by atoms with van der Waals surface area (Å²) in [5, 5.41) is 0. The average Bonchev–Trinajstić information content (AvgIpc) is 2.77. The van der Waals surface area contributed by atoms with Gasteiger partial charge in [-0.25, -0.2) is 0 Å². The molecule has 1 aliphatic rings. The SMILES string of the molecule is CCC1CCCN1c1ccc([C@H](C)N)nc1. The van der Waals surface area contributed by atoms with Crippen molar-refractivity contribution in [3.8, 4) is 0 Å². The van der Waals surface area contributed by atoms with Crippen molar-refractivity contribution in [2.75, 3.05) is 11.4 Å². The van der Waals surface area contributed by atoms with Gasteiger partial charge in [-0.2, -0.15) is 0 Å². The highest BCUT2D eigenvalue weighted by molar-refractivity contribution is 5.46. The Hall–Kier alpha value is -1.09. The van der Waals surface area contributed by atoms with Crippen LogP contribution in [-0.2, 0) is 0 Å². The van der Waals surface area contributed by atoms with Gasteiger partial charge in [0.2, 0.25) is 0 Å². The predicted octanol–water partition coefficient (Wildman–Crippen LogP) is 2.48. The van der Waals surface area contributed by atoms with E-state index in [9.17, 15) is 0 Å². The minimum Gasteiger partial charge on any atom is -0.367 e. The molecule has 0 spiro atoms. The van der Waals surface area contributed by atoms with E-state index in [1.165, 1.54) is 24.9 Å². The van der Waals surface area contributed by atoms with Crippen molar-refractivity contribution < 1.29 is 0 Å². The summed E-state index contributed by atoms with van der Waals surface area (Å²) < 4.78 is 0. The summed E-state index contributed by atoms with van der Waals surface area (Å²) in [6.45, 7) is 5.39. The predicted molar refractivity (Wildman–Crippen MR) is 67.5 cm³/mol. The molecule has 0 saturated carbocycles. The van der Waals surface area contributed by atoms with Crippen LogP contribution in [-0.4, -0.2) is 17.6 Å². The van der Waals surface area contributed by atoms with E-state index < -0.39 is 0 Å². The van der Waals surface area contributed by atoms with Crippen LogP contribution in [0.3, 0.4) is 0 Å². The molecule has 1 aliphatic heterocycles. The highest BCUT2D eigenvalue weighted by Crippen LogP contribution is 2.26. The third-order valence-corrected chi connectivity index (χ3v) is 3.42. The first kappa shape index (κ1) is 11.4. The first-order chi connectivity index (χ1) is 7.72. The van der Waals surface area contributed by atoms with Gasteiger partial charge < -0.3 is 10.6 Å². The molecule has 3 nitrogen and oxygen atoms in total. The lowest BCUT2D eigenvalue weighted by atomic mass is 10.1. The van der Waals surface area contributed by atoms with E-state index in [1.807, 2.05) is 19.2 Å². The lowest BCUT2D eigenvalue weighted by molar-refractivity contribution is 0.644. The number of hydrogen-bond donors (Lipinski definition) is 1. The van der Waals surface area contributed by atoms with Crippen LogP contribution in [0.5, 0.6) is 0 Å². The van der Waals surface area contributed by atoms with Gasteiger partial charge in [0.25, 0.3) is 0 Å². The standard InChI is InChI=1S/C13H21N3/c1-3-11-5-4-8-16(11)12-6-7-13(10(2)14)15-9-12/h6-7,9-11H,3-5,8,14H2,1-2H3/t10-,11?/m0/s1. The molecule has 88 valence electrons. The number of rotatable bonds is 3. The molecular weight excluding hydrogens is 198 g/mol. The second-order valence-corrected chi connectivity index (χ2v) is 4.63. The van der Waals surface area contributed by atoms with E-state index >= 15 is 0 Å². The largest absolute Gasteiger partial charge is 0.367 e. The van der Waals surface area contributed by atoms with Gasteiger partial charge in [-0.1, -0.05) is 6.92 Å². The zero-order chi connectivity index (χ0) is 11.5. The Morgan fingerprint density at radius 2 is 2.38 bits per heavy atom. The van der Waals surface area contributed by atoms with Crippen molar-refractivity contribution in [1.29, 1.82) is 0 Å². The molecule has 3 heteroatoms. The maximum atomic E-state index is 5.79. The van der Waals surface area contributed by atoms with Gasteiger partial charge in [-0.05, 0) is 38.3 Å². The first-order valence-electron chi connectivity index (χ1n) is 6.20. The van der Waals surface area contributed by atoms with Crippen LogP contribution in [0.25, 0.3) is 0 Å². The summed E-state index contributed by atoms with van der Waals surface area (Å²) in [6.07, 6.45) is 5.79. The average molecular weight is 219 g/mol. The third kappa shape index (κ3) is 2.19. The number of aromatic nitrogens is 1. The smallest absolute Gasteiger partial charge is 0.0569 e. The fourth-order valence-corrected chi connectivity index (χ4v) is 2.44. The van der Waals surface area contributed by atoms with Crippen LogP contribution in [0.1, 0.15) is 44.8 Å². The topological polar surface area (TPSA) is 42.1 Å². The monoisotopic (exact) mass is 219 g/mol. The molecule has 2 rings (SSSR count). The summed E-state index contributed by atoms with van der Waals surface area (Å²) in [6, 6.07) is 4.92. The van der Waals surface area contributed by atoms with E-state index in [2.05, 4.69) is 22.9 Å². The van der Waals surface area contributed by atoms with E-state index in [4.69, 9.17) is 5.73 Å². The molecule has 0 bridgehead atoms. The second-order valence-electron chi connectivity index (χ2n) is 4.63. The molecule has 2 heterocycles. The number of nitrogens with zero attached hydrogens (tertiary/aromatic N) is 2. The van der Waals surface area contributed by atoms with Gasteiger partial charge in [0.15, 0.2) is 0 Å². The molecule has 1 saturated heterocycles. The van der Waals surface area contributed by atoms with Gasteiger partial charge in [0, 0.05) is 18.6 Å². The maximum Gasteiger partial charge on any atom is 0.0569 e. The van der Waals surface area contributed by atoms with Crippen molar-refractivity contribution in [3.63, 3.8) is 0 Å². The summed E-state index contributed by atoms with van der Waals surface area (Å²) in [7, 11) is 0. The molecule has 0 amide bonds. The summed E-state index contributed by atoms with van der Waals surface area (Å²) in [4.78, 5) is 6.90. The normalized spacial score (nSPS) is 22.4. The zero-order valence-electron chi connectivity index (χ0n) is 10.2. The maximum absolute atomic E-state index is 5.79. The molecule has 0 aromatic carbocycles. The minimum atomic E-state index is 0.0228. The molecule has 1 aromatic heterocycles. The van der Waals surface area contributed by atoms with E-state index in [0.29, 0.717) is 6.04 Å². The van der Waals surface area contributed by atoms with Gasteiger partial charge in [0.05, 0.1) is 17.6 Å². The molecular formula is C13H21N3. The van der Waals surface area contributed by atoms with E-state index in [1.54, 1.807) is 0 Å². The van der Waals surface area contributed by atoms with E-state index in [-0.39, 0.29) is 6.04 Å². The third-order valence-electron chi connectivity index (χ3n) is 3.42. The quantitative estimate of drug-likeness (QED) is 0.849. The second kappa shape index (κ2) is 4.83. The van der Waals surface area contributed by atoms with Crippen molar-refractivity contribution in [3.05, 3.63) is 24.0 Å². The fraction of sp³-hybridized carbons (Fsp3) is 0.615. The summed E-state index contributed by atoms with van der Waals surface area (Å²) >= 11 is 0. The van der Waals surface area contributed by atoms with Crippen molar-refractivity contribution in [2.24, 2.45) is 5.73 Å². The number of nitrogens with two attached hydrogens (primary N) is 1. The Morgan fingerprint density at radius 3 is 2.94 bits per heavy atom. The number of hydrogen-bond acceptors (Lipinski definition) is 3. The van der Waals surface area contributed by atoms with Crippen molar-refractivity contribution in [2.45, 2.75) is 45.2 Å². The van der Waals surface area contributed by atoms with Gasteiger partial charge >= 0.3 is 0 Å². The molecule has 2 N–H and O–H groups in total. The van der Waals surface area contributed by atoms with Crippen LogP contribution in [0.2, 0.25) is 0 Å². The Kier molecular flexibility index (Phi) is 3.44. The van der Waals surface area contributed by atoms with Gasteiger partial charge in [-0.3, -0.25) is 4.98 Å². The van der Waals surface area contributed by atoms with Crippen LogP contribution in [0.4, 0.5) is 5.69 Å². The van der Waals surface area contributed by atoms with Crippen LogP contribution >= 0.6 is 0 Å². The Balaban J connectivity index is 2.15. The van der Waals surface area contributed by atoms with E-state index in [0.717, 1.165) is 12.2 Å². The minimum absolute atomic E-state index is 0.0228. The van der Waals surface area contributed by atoms with Gasteiger partial charge in [-0.15, -0.1) is 0 Å². The molecule has 16 heavy (non-hydrogen) atoms. The first-order valence-corrected chi connectivity index (χ1v) is 6.20. The van der Waals surface area contributed by atoms with Crippen LogP contribution in [0, 0.1) is 0 Å². The molecule has 0 aliphatic carbocycles. The molecule has 1 aromatic rings. The number of anilines is 1. The van der Waals surface area contributed by atoms with Crippen molar-refractivity contribution in [1.82, 2.24) is 4.98 Å². The number of pyridine rings is 1. The zero-order valence-corrected chi connectivity index (χ0v) is 10.2. The Morgan fingerprint density at radius 1 is 1.56 bits per heavy atom. The molecule has 1 unspecified atom stereocenters. The lowest BCUT2D eigenvalue weighted by Gasteiger charge is -2.25. The Bertz CT molecular complexity index is 332. The Labute approximate surface area is 97.7 Å². The lowest BCUT2D eigenvalue weighted by Crippen LogP contribution is -2.28. The highest BCUT2D eigenvalue weighted by atomic mass is 15.2.